The average Bonchev–Trinajstić information content (AvgIpc) is 2.70. The number of benzene rings is 2. The van der Waals surface area contributed by atoms with Crippen molar-refractivity contribution in [3.8, 4) is 16.9 Å². The number of hydrogen-bond acceptors (Lipinski definition) is 6. The van der Waals surface area contributed by atoms with Crippen LogP contribution in [0.15, 0.2) is 59.5 Å². The molecule has 1 aromatic heterocycles. The second-order valence-corrected chi connectivity index (χ2v) is 9.83. The number of carbonyl (C=O) groups excluding carboxylic acids is 1. The average molecular weight is 430 g/mol. The molecule has 0 aliphatic rings. The molecule has 0 bridgehead atoms. The smallest absolute Gasteiger partial charge is 0.264 e. The van der Waals surface area contributed by atoms with Gasteiger partial charge < -0.3 is 9.67 Å². The Bertz CT molecular complexity index is 1280. The summed E-state index contributed by atoms with van der Waals surface area (Å²) in [7, 11) is -3.84. The number of phenols is 1. The molecular weight excluding hydrogens is 408 g/mol. The number of hydrogen-bond donors (Lipinski definition) is 3. The van der Waals surface area contributed by atoms with Gasteiger partial charge in [-0.3, -0.25) is 14.8 Å². The number of fused-ring (bicyclic) bond motifs is 1. The number of aryl methyl sites for hydroxylation is 1. The van der Waals surface area contributed by atoms with Gasteiger partial charge in [-0.05, 0) is 59.5 Å². The number of hydroxylamine groups is 1. The van der Waals surface area contributed by atoms with E-state index in [1.54, 1.807) is 24.3 Å². The van der Waals surface area contributed by atoms with E-state index in [1.807, 2.05) is 18.2 Å². The molecule has 1 heterocycles. The zero-order valence-electron chi connectivity index (χ0n) is 16.5. The van der Waals surface area contributed by atoms with Crippen molar-refractivity contribution in [2.24, 2.45) is 0 Å². The fourth-order valence-electron chi connectivity index (χ4n) is 3.21. The van der Waals surface area contributed by atoms with Gasteiger partial charge in [0.25, 0.3) is 11.5 Å². The van der Waals surface area contributed by atoms with Gasteiger partial charge in [0.2, 0.25) is 0 Å². The van der Waals surface area contributed by atoms with Crippen LogP contribution in [0.25, 0.3) is 21.9 Å². The highest BCUT2D eigenvalue weighted by Crippen LogP contribution is 2.26. The molecule has 3 N–H and O–H groups in total. The molecule has 1 atom stereocenters. The van der Waals surface area contributed by atoms with Crippen LogP contribution >= 0.6 is 0 Å². The van der Waals surface area contributed by atoms with Crippen LogP contribution in [0.3, 0.4) is 0 Å². The van der Waals surface area contributed by atoms with E-state index in [-0.39, 0.29) is 24.3 Å². The number of carbonyl (C=O) groups is 1. The first kappa shape index (κ1) is 21.5. The van der Waals surface area contributed by atoms with Crippen molar-refractivity contribution < 1.29 is 23.5 Å². The van der Waals surface area contributed by atoms with Crippen molar-refractivity contribution in [1.82, 2.24) is 10.0 Å². The van der Waals surface area contributed by atoms with Gasteiger partial charge in [-0.1, -0.05) is 18.2 Å². The van der Waals surface area contributed by atoms with E-state index >= 15 is 0 Å². The lowest BCUT2D eigenvalue weighted by Crippen LogP contribution is -2.49. The summed E-state index contributed by atoms with van der Waals surface area (Å²) in [4.78, 5) is 24.5. The highest BCUT2D eigenvalue weighted by Gasteiger charge is 2.43. The molecule has 0 saturated carbocycles. The number of rotatable bonds is 6. The van der Waals surface area contributed by atoms with Gasteiger partial charge in [0, 0.05) is 25.1 Å². The van der Waals surface area contributed by atoms with Gasteiger partial charge in [-0.2, -0.15) is 0 Å². The summed E-state index contributed by atoms with van der Waals surface area (Å²) >= 11 is 0. The Kier molecular flexibility index (Phi) is 5.69. The van der Waals surface area contributed by atoms with Crippen LogP contribution in [0, 0.1) is 0 Å². The first-order valence-electron chi connectivity index (χ1n) is 9.13. The number of aromatic nitrogens is 1. The van der Waals surface area contributed by atoms with Crippen LogP contribution in [0.2, 0.25) is 0 Å². The third-order valence-corrected chi connectivity index (χ3v) is 7.41. The van der Waals surface area contributed by atoms with Crippen molar-refractivity contribution >= 4 is 26.5 Å². The van der Waals surface area contributed by atoms with E-state index in [2.05, 4.69) is 0 Å². The monoisotopic (exact) mass is 430 g/mol. The number of pyridine rings is 1. The molecule has 8 nitrogen and oxygen atoms in total. The van der Waals surface area contributed by atoms with Gasteiger partial charge >= 0.3 is 0 Å². The molecule has 3 aromatic rings. The second kappa shape index (κ2) is 7.92. The van der Waals surface area contributed by atoms with Crippen LogP contribution in [0.4, 0.5) is 0 Å². The SMILES string of the molecule is CC(CCn1ccc(-c2ccc3ccc(O)cc3c2)cc1=O)(C(=O)NO)S(C)(=O)=O. The third-order valence-electron chi connectivity index (χ3n) is 5.38. The summed E-state index contributed by atoms with van der Waals surface area (Å²) < 4.78 is 23.5. The number of amides is 1. The largest absolute Gasteiger partial charge is 0.508 e. The number of sulfone groups is 1. The Morgan fingerprint density at radius 2 is 1.73 bits per heavy atom. The minimum Gasteiger partial charge on any atom is -0.508 e. The Morgan fingerprint density at radius 3 is 2.37 bits per heavy atom. The Hall–Kier alpha value is -3.17. The van der Waals surface area contributed by atoms with Crippen LogP contribution in [-0.2, 0) is 21.2 Å². The van der Waals surface area contributed by atoms with Crippen molar-refractivity contribution in [2.45, 2.75) is 24.6 Å². The molecule has 30 heavy (non-hydrogen) atoms. The lowest BCUT2D eigenvalue weighted by Gasteiger charge is -2.25. The van der Waals surface area contributed by atoms with Crippen LogP contribution < -0.4 is 11.0 Å². The molecule has 158 valence electrons. The minimum atomic E-state index is -3.84. The van der Waals surface area contributed by atoms with Crippen molar-refractivity contribution in [2.75, 3.05) is 6.26 Å². The molecule has 1 unspecified atom stereocenters. The van der Waals surface area contributed by atoms with E-state index in [4.69, 9.17) is 5.21 Å². The minimum absolute atomic E-state index is 0.0261. The van der Waals surface area contributed by atoms with E-state index in [0.29, 0.717) is 5.56 Å². The number of aromatic hydroxyl groups is 1. The van der Waals surface area contributed by atoms with Gasteiger partial charge in [-0.25, -0.2) is 13.9 Å². The normalized spacial score (nSPS) is 13.7. The maximum Gasteiger partial charge on any atom is 0.264 e. The predicted molar refractivity (Wildman–Crippen MR) is 113 cm³/mol. The summed E-state index contributed by atoms with van der Waals surface area (Å²) in [6, 6.07) is 13.8. The van der Waals surface area contributed by atoms with E-state index in [0.717, 1.165) is 22.6 Å². The topological polar surface area (TPSA) is 126 Å². The fourth-order valence-corrected chi connectivity index (χ4v) is 4.05. The maximum absolute atomic E-state index is 12.6. The van der Waals surface area contributed by atoms with E-state index < -0.39 is 20.5 Å². The molecule has 0 fully saturated rings. The van der Waals surface area contributed by atoms with E-state index in [1.165, 1.54) is 29.2 Å². The van der Waals surface area contributed by atoms with Crippen molar-refractivity contribution in [3.05, 3.63) is 65.1 Å². The zero-order valence-corrected chi connectivity index (χ0v) is 17.3. The van der Waals surface area contributed by atoms with Crippen LogP contribution in [0.1, 0.15) is 13.3 Å². The van der Waals surface area contributed by atoms with Gasteiger partial charge in [0.05, 0.1) is 0 Å². The molecule has 0 aliphatic carbocycles. The zero-order chi connectivity index (χ0) is 22.1. The Balaban J connectivity index is 1.89. The molecule has 0 aliphatic heterocycles. The molecule has 0 spiro atoms. The highest BCUT2D eigenvalue weighted by molar-refractivity contribution is 7.92. The second-order valence-electron chi connectivity index (χ2n) is 7.39. The third kappa shape index (κ3) is 4.07. The van der Waals surface area contributed by atoms with Crippen molar-refractivity contribution in [1.29, 1.82) is 0 Å². The lowest BCUT2D eigenvalue weighted by atomic mass is 10.0. The van der Waals surface area contributed by atoms with Crippen molar-refractivity contribution in [3.63, 3.8) is 0 Å². The predicted octanol–water partition coefficient (Wildman–Crippen LogP) is 2.07. The lowest BCUT2D eigenvalue weighted by molar-refractivity contribution is -0.131. The summed E-state index contributed by atoms with van der Waals surface area (Å²) in [5, 5.41) is 20.3. The molecule has 3 rings (SSSR count). The fraction of sp³-hybridized carbons (Fsp3) is 0.238. The quantitative estimate of drug-likeness (QED) is 0.406. The molecule has 2 aromatic carbocycles. The highest BCUT2D eigenvalue weighted by atomic mass is 32.2. The number of phenolic OH excluding ortho intramolecular Hbond substituents is 1. The molecule has 1 amide bonds. The maximum atomic E-state index is 12.6. The van der Waals surface area contributed by atoms with Crippen LogP contribution in [0.5, 0.6) is 5.75 Å². The standard InChI is InChI=1S/C21H22N2O6S/c1-21(20(26)22-27,30(2,28)29)8-10-23-9-7-16(13-19(23)25)15-4-3-14-5-6-18(24)12-17(14)11-15/h3-7,9,11-13,24,27H,8,10H2,1-2H3,(H,22,26). The molecule has 9 heteroatoms. The summed E-state index contributed by atoms with van der Waals surface area (Å²) in [5.74, 6) is -0.898. The number of nitrogens with one attached hydrogen (secondary N) is 1. The molecule has 0 radical (unpaired) electrons. The van der Waals surface area contributed by atoms with Gasteiger partial charge in [0.1, 0.15) is 5.75 Å². The first-order chi connectivity index (χ1) is 14.0. The van der Waals surface area contributed by atoms with Gasteiger partial charge in [-0.15, -0.1) is 0 Å². The summed E-state index contributed by atoms with van der Waals surface area (Å²) in [5.41, 5.74) is 2.49. The molecule has 0 saturated heterocycles. The molecular formula is C21H22N2O6S. The Morgan fingerprint density at radius 1 is 1.07 bits per heavy atom. The van der Waals surface area contributed by atoms with Gasteiger partial charge in [0.15, 0.2) is 14.6 Å². The summed E-state index contributed by atoms with van der Waals surface area (Å²) in [6.07, 6.45) is 2.25. The Labute approximate surface area is 173 Å². The number of nitrogens with zero attached hydrogens (tertiary/aromatic N) is 1. The first-order valence-corrected chi connectivity index (χ1v) is 11.0. The van der Waals surface area contributed by atoms with E-state index in [9.17, 15) is 23.1 Å². The van der Waals surface area contributed by atoms with Crippen LogP contribution in [-0.4, -0.2) is 40.2 Å². The summed E-state index contributed by atoms with van der Waals surface area (Å²) in [6.45, 7) is 1.18.